The van der Waals surface area contributed by atoms with E-state index in [9.17, 15) is 4.79 Å². The Balaban J connectivity index is 1.30. The summed E-state index contributed by atoms with van der Waals surface area (Å²) in [5.41, 5.74) is 0.937. The summed E-state index contributed by atoms with van der Waals surface area (Å²) >= 11 is 0. The minimum atomic E-state index is -0.439. The predicted molar refractivity (Wildman–Crippen MR) is 104 cm³/mol. The van der Waals surface area contributed by atoms with Crippen LogP contribution in [0.2, 0.25) is 0 Å². The zero-order chi connectivity index (χ0) is 19.9. The summed E-state index contributed by atoms with van der Waals surface area (Å²) < 4.78 is 19.1. The minimum Gasteiger partial charge on any atom is -0.444 e. The lowest BCUT2D eigenvalue weighted by molar-refractivity contribution is -0.130. The van der Waals surface area contributed by atoms with E-state index in [0.29, 0.717) is 5.92 Å². The first-order chi connectivity index (χ1) is 13.3. The maximum absolute atomic E-state index is 12.2. The van der Waals surface area contributed by atoms with Crippen LogP contribution in [0.5, 0.6) is 0 Å². The smallest absolute Gasteiger partial charge is 0.410 e. The molecule has 2 saturated heterocycles. The average molecular weight is 392 g/mol. The number of ether oxygens (including phenoxy) is 3. The molecule has 7 nitrogen and oxygen atoms in total. The number of amides is 1. The molecule has 1 aromatic heterocycles. The van der Waals surface area contributed by atoms with Gasteiger partial charge in [0.2, 0.25) is 0 Å². The quantitative estimate of drug-likeness (QED) is 0.778. The van der Waals surface area contributed by atoms with Crippen LogP contribution in [-0.4, -0.2) is 53.2 Å². The minimum absolute atomic E-state index is 0.0542. The van der Waals surface area contributed by atoms with Gasteiger partial charge in [-0.2, -0.15) is 5.10 Å². The van der Waals surface area contributed by atoms with Crippen LogP contribution >= 0.6 is 0 Å². The van der Waals surface area contributed by atoms with Gasteiger partial charge in [-0.3, -0.25) is 0 Å². The average Bonchev–Trinajstić information content (AvgIpc) is 3.04. The molecule has 3 fully saturated rings. The van der Waals surface area contributed by atoms with Crippen molar-refractivity contribution in [3.05, 3.63) is 18.0 Å². The van der Waals surface area contributed by atoms with Crippen LogP contribution in [0.4, 0.5) is 4.79 Å². The molecule has 2 atom stereocenters. The van der Waals surface area contributed by atoms with Crippen molar-refractivity contribution in [2.24, 2.45) is 11.3 Å². The molecule has 0 radical (unpaired) electrons. The van der Waals surface area contributed by atoms with E-state index < -0.39 is 5.60 Å². The van der Waals surface area contributed by atoms with Crippen LogP contribution in [0.1, 0.15) is 70.8 Å². The summed E-state index contributed by atoms with van der Waals surface area (Å²) in [6.07, 6.45) is 9.42. The van der Waals surface area contributed by atoms with E-state index in [4.69, 9.17) is 14.2 Å². The molecule has 156 valence electrons. The fraction of sp³-hybridized carbons (Fsp3) is 0.810. The van der Waals surface area contributed by atoms with Crippen molar-refractivity contribution in [2.75, 3.05) is 26.8 Å². The fourth-order valence-corrected chi connectivity index (χ4v) is 4.93. The number of carbonyl (C=O) groups excluding carboxylic acids is 1. The summed E-state index contributed by atoms with van der Waals surface area (Å²) in [4.78, 5) is 14.0. The molecule has 2 unspecified atom stereocenters. The fourth-order valence-electron chi connectivity index (χ4n) is 4.93. The van der Waals surface area contributed by atoms with E-state index >= 15 is 0 Å². The van der Waals surface area contributed by atoms with Crippen LogP contribution < -0.4 is 0 Å². The van der Waals surface area contributed by atoms with Crippen molar-refractivity contribution in [3.8, 4) is 0 Å². The normalized spacial score (nSPS) is 25.9. The van der Waals surface area contributed by atoms with Gasteiger partial charge in [-0.25, -0.2) is 9.48 Å². The monoisotopic (exact) mass is 391 g/mol. The Morgan fingerprint density at radius 2 is 2.07 bits per heavy atom. The SMILES string of the molecule is COC(c1cnn(C2CCCCO2)c1)C1CC2(C1)CN(C(=O)OC(C)(C)C)C2. The van der Waals surface area contributed by atoms with Crippen molar-refractivity contribution >= 4 is 6.09 Å². The largest absolute Gasteiger partial charge is 0.444 e. The first kappa shape index (κ1) is 19.7. The van der Waals surface area contributed by atoms with Crippen LogP contribution in [-0.2, 0) is 14.2 Å². The van der Waals surface area contributed by atoms with Crippen molar-refractivity contribution in [3.63, 3.8) is 0 Å². The Morgan fingerprint density at radius 3 is 2.68 bits per heavy atom. The Morgan fingerprint density at radius 1 is 1.32 bits per heavy atom. The van der Waals surface area contributed by atoms with E-state index in [2.05, 4.69) is 11.3 Å². The standard InChI is InChI=1S/C21H33N3O4/c1-20(2,3)28-19(25)23-13-21(14-23)9-15(10-21)18(26-4)16-11-22-24(12-16)17-7-5-6-8-27-17/h11-12,15,17-18H,5-10,13-14H2,1-4H3. The van der Waals surface area contributed by atoms with Gasteiger partial charge in [0.1, 0.15) is 11.8 Å². The molecular formula is C21H33N3O4. The van der Waals surface area contributed by atoms with Crippen LogP contribution in [0, 0.1) is 11.3 Å². The highest BCUT2D eigenvalue weighted by molar-refractivity contribution is 5.69. The Bertz CT molecular complexity index is 691. The number of aromatic nitrogens is 2. The van der Waals surface area contributed by atoms with Gasteiger partial charge >= 0.3 is 6.09 Å². The third-order valence-corrected chi connectivity index (χ3v) is 6.18. The highest BCUT2D eigenvalue weighted by Crippen LogP contribution is 2.56. The summed E-state index contributed by atoms with van der Waals surface area (Å²) in [6.45, 7) is 8.12. The highest BCUT2D eigenvalue weighted by atomic mass is 16.6. The molecule has 1 aromatic rings. The topological polar surface area (TPSA) is 65.8 Å². The first-order valence-electron chi connectivity index (χ1n) is 10.4. The number of carbonyl (C=O) groups is 1. The molecule has 2 aliphatic heterocycles. The molecule has 0 N–H and O–H groups in total. The molecule has 3 aliphatic rings. The lowest BCUT2D eigenvalue weighted by Crippen LogP contribution is -2.64. The maximum atomic E-state index is 12.2. The molecule has 7 heteroatoms. The van der Waals surface area contributed by atoms with Gasteiger partial charge in [0.15, 0.2) is 0 Å². The first-order valence-corrected chi connectivity index (χ1v) is 10.4. The van der Waals surface area contributed by atoms with E-state index in [1.165, 1.54) is 6.42 Å². The number of hydrogen-bond donors (Lipinski definition) is 0. The second kappa shape index (κ2) is 7.34. The summed E-state index contributed by atoms with van der Waals surface area (Å²) in [5, 5.41) is 4.53. The summed E-state index contributed by atoms with van der Waals surface area (Å²) in [7, 11) is 1.78. The van der Waals surface area contributed by atoms with Crippen LogP contribution in [0.25, 0.3) is 0 Å². The Labute approximate surface area is 167 Å². The molecule has 0 aromatic carbocycles. The Kier molecular flexibility index (Phi) is 5.16. The van der Waals surface area contributed by atoms with Gasteiger partial charge in [0.05, 0.1) is 12.3 Å². The zero-order valence-corrected chi connectivity index (χ0v) is 17.5. The third-order valence-electron chi connectivity index (χ3n) is 6.18. The van der Waals surface area contributed by atoms with E-state index in [1.807, 2.05) is 36.5 Å². The van der Waals surface area contributed by atoms with E-state index in [-0.39, 0.29) is 23.8 Å². The summed E-state index contributed by atoms with van der Waals surface area (Å²) in [6, 6.07) is 0. The van der Waals surface area contributed by atoms with E-state index in [0.717, 1.165) is 50.9 Å². The molecule has 1 spiro atoms. The lowest BCUT2D eigenvalue weighted by atomic mass is 9.56. The van der Waals surface area contributed by atoms with Gasteiger partial charge in [-0.15, -0.1) is 0 Å². The molecule has 1 aliphatic carbocycles. The third kappa shape index (κ3) is 3.92. The number of methoxy groups -OCH3 is 1. The van der Waals surface area contributed by atoms with Crippen molar-refractivity contribution in [1.82, 2.24) is 14.7 Å². The molecule has 0 bridgehead atoms. The van der Waals surface area contributed by atoms with Gasteiger partial charge in [0, 0.05) is 44.0 Å². The summed E-state index contributed by atoms with van der Waals surface area (Å²) in [5.74, 6) is 0.468. The van der Waals surface area contributed by atoms with Gasteiger partial charge in [-0.1, -0.05) is 0 Å². The zero-order valence-electron chi connectivity index (χ0n) is 17.5. The van der Waals surface area contributed by atoms with Crippen molar-refractivity contribution < 1.29 is 19.0 Å². The number of nitrogens with zero attached hydrogens (tertiary/aromatic N) is 3. The number of hydrogen-bond acceptors (Lipinski definition) is 5. The van der Waals surface area contributed by atoms with Crippen LogP contribution in [0.3, 0.4) is 0 Å². The molecule has 1 saturated carbocycles. The Hall–Kier alpha value is -1.60. The molecule has 3 heterocycles. The molecule has 4 rings (SSSR count). The maximum Gasteiger partial charge on any atom is 0.410 e. The van der Waals surface area contributed by atoms with Crippen molar-refractivity contribution in [2.45, 2.75) is 70.8 Å². The van der Waals surface area contributed by atoms with Gasteiger partial charge < -0.3 is 19.1 Å². The lowest BCUT2D eigenvalue weighted by Gasteiger charge is -2.59. The van der Waals surface area contributed by atoms with Gasteiger partial charge in [-0.05, 0) is 58.8 Å². The number of rotatable bonds is 4. The van der Waals surface area contributed by atoms with Crippen LogP contribution in [0.15, 0.2) is 12.4 Å². The highest BCUT2D eigenvalue weighted by Gasteiger charge is 2.56. The van der Waals surface area contributed by atoms with Crippen molar-refractivity contribution in [1.29, 1.82) is 0 Å². The second-order valence-electron chi connectivity index (χ2n) is 9.74. The molecular weight excluding hydrogens is 358 g/mol. The molecule has 1 amide bonds. The number of likely N-dealkylation sites (tertiary alicyclic amines) is 1. The van der Waals surface area contributed by atoms with Gasteiger partial charge in [0.25, 0.3) is 0 Å². The van der Waals surface area contributed by atoms with E-state index in [1.54, 1.807) is 7.11 Å². The molecule has 28 heavy (non-hydrogen) atoms. The predicted octanol–water partition coefficient (Wildman–Crippen LogP) is 3.92. The second-order valence-corrected chi connectivity index (χ2v) is 9.74.